The first-order valence-corrected chi connectivity index (χ1v) is 9.37. The molecule has 1 aromatic carbocycles. The van der Waals surface area contributed by atoms with Gasteiger partial charge in [0, 0.05) is 20.0 Å². The normalized spacial score (nSPS) is 11.4. The Bertz CT molecular complexity index is 896. The van der Waals surface area contributed by atoms with E-state index in [0.29, 0.717) is 13.1 Å². The van der Waals surface area contributed by atoms with Crippen molar-refractivity contribution in [2.45, 2.75) is 19.9 Å². The highest BCUT2D eigenvalue weighted by atomic mass is 16.3. The fourth-order valence-electron chi connectivity index (χ4n) is 2.78. The second-order valence-electron chi connectivity index (χ2n) is 6.82. The maximum Gasteiger partial charge on any atom is 0.194 e. The summed E-state index contributed by atoms with van der Waals surface area (Å²) < 4.78 is 5.39. The molecule has 3 aromatic rings. The Hall–Kier alpha value is -3.28. The van der Waals surface area contributed by atoms with E-state index in [1.54, 1.807) is 6.26 Å². The van der Waals surface area contributed by atoms with Crippen LogP contribution >= 0.6 is 0 Å². The molecule has 0 aliphatic heterocycles. The monoisotopic (exact) mass is 377 g/mol. The number of guanidine groups is 1. The van der Waals surface area contributed by atoms with E-state index in [0.717, 1.165) is 47.3 Å². The van der Waals surface area contributed by atoms with E-state index >= 15 is 0 Å². The van der Waals surface area contributed by atoms with Gasteiger partial charge in [-0.25, -0.2) is 9.98 Å². The number of nitrogens with one attached hydrogen (secondary N) is 2. The van der Waals surface area contributed by atoms with Gasteiger partial charge in [0.1, 0.15) is 11.6 Å². The van der Waals surface area contributed by atoms with Crippen molar-refractivity contribution in [2.75, 3.05) is 20.1 Å². The van der Waals surface area contributed by atoms with Crippen LogP contribution in [0.5, 0.6) is 0 Å². The van der Waals surface area contributed by atoms with Crippen molar-refractivity contribution >= 4 is 5.96 Å². The van der Waals surface area contributed by atoms with Gasteiger partial charge in [0.25, 0.3) is 0 Å². The second kappa shape index (κ2) is 9.60. The number of imidazole rings is 1. The summed E-state index contributed by atoms with van der Waals surface area (Å²) in [5.41, 5.74) is 3.15. The maximum absolute atomic E-state index is 5.39. The fourth-order valence-corrected chi connectivity index (χ4v) is 2.78. The molecule has 2 aromatic heterocycles. The number of hydrogen-bond donors (Lipinski definition) is 2. The van der Waals surface area contributed by atoms with E-state index < -0.39 is 0 Å². The van der Waals surface area contributed by atoms with Gasteiger partial charge in [0.2, 0.25) is 0 Å². The maximum atomic E-state index is 5.39. The summed E-state index contributed by atoms with van der Waals surface area (Å²) in [6.07, 6.45) is 4.36. The van der Waals surface area contributed by atoms with Gasteiger partial charge in [-0.2, -0.15) is 0 Å². The molecule has 0 aliphatic rings. The van der Waals surface area contributed by atoms with Gasteiger partial charge < -0.3 is 19.6 Å². The molecule has 146 valence electrons. The van der Waals surface area contributed by atoms with E-state index in [1.807, 2.05) is 50.5 Å². The highest BCUT2D eigenvalue weighted by Gasteiger charge is 2.10. The Labute approximate surface area is 166 Å². The molecule has 2 N–H and O–H groups in total. The van der Waals surface area contributed by atoms with Crippen molar-refractivity contribution in [2.24, 2.45) is 4.99 Å². The Kier molecular flexibility index (Phi) is 6.68. The van der Waals surface area contributed by atoms with Gasteiger partial charge in [-0.1, -0.05) is 42.5 Å². The van der Waals surface area contributed by atoms with Crippen LogP contribution < -0.4 is 5.32 Å². The van der Waals surface area contributed by atoms with Crippen LogP contribution in [0.3, 0.4) is 0 Å². The minimum absolute atomic E-state index is 0.584. The van der Waals surface area contributed by atoms with Crippen LogP contribution in [0.2, 0.25) is 0 Å². The van der Waals surface area contributed by atoms with Gasteiger partial charge in [-0.15, -0.1) is 0 Å². The van der Waals surface area contributed by atoms with Crippen LogP contribution in [0.1, 0.15) is 18.5 Å². The van der Waals surface area contributed by atoms with Crippen molar-refractivity contribution in [1.29, 1.82) is 0 Å². The summed E-state index contributed by atoms with van der Waals surface area (Å²) in [5.74, 6) is 2.65. The van der Waals surface area contributed by atoms with Crippen molar-refractivity contribution in [3.05, 3.63) is 78.7 Å². The topological polar surface area (TPSA) is 69.5 Å². The molecule has 0 unspecified atom stereocenters. The molecule has 6 heteroatoms. The van der Waals surface area contributed by atoms with Crippen LogP contribution in [0.15, 0.2) is 76.5 Å². The van der Waals surface area contributed by atoms with Gasteiger partial charge >= 0.3 is 0 Å². The molecule has 0 saturated carbocycles. The van der Waals surface area contributed by atoms with Gasteiger partial charge in [0.05, 0.1) is 31.2 Å². The molecular formula is C22H27N5O. The van der Waals surface area contributed by atoms with Crippen LogP contribution in [-0.2, 0) is 13.0 Å². The average Bonchev–Trinajstić information content (AvgIpc) is 3.37. The third kappa shape index (κ3) is 5.61. The molecule has 0 radical (unpaired) electrons. The lowest BCUT2D eigenvalue weighted by atomic mass is 10.2. The number of benzene rings is 1. The van der Waals surface area contributed by atoms with E-state index in [9.17, 15) is 0 Å². The summed E-state index contributed by atoms with van der Waals surface area (Å²) in [7, 11) is 2.00. The van der Waals surface area contributed by atoms with Gasteiger partial charge in [-0.3, -0.25) is 0 Å². The molecule has 0 atom stereocenters. The molecule has 0 fully saturated rings. The number of nitrogens with zero attached hydrogens (tertiary/aromatic N) is 3. The van der Waals surface area contributed by atoms with Crippen LogP contribution in [-0.4, -0.2) is 41.0 Å². The smallest absolute Gasteiger partial charge is 0.194 e. The van der Waals surface area contributed by atoms with Crippen molar-refractivity contribution in [3.63, 3.8) is 0 Å². The fraction of sp³-hybridized carbons (Fsp3) is 0.273. The van der Waals surface area contributed by atoms with Gasteiger partial charge in [-0.05, 0) is 24.6 Å². The van der Waals surface area contributed by atoms with E-state index in [2.05, 4.69) is 43.9 Å². The molecule has 0 amide bonds. The Balaban J connectivity index is 1.63. The van der Waals surface area contributed by atoms with Crippen LogP contribution in [0.25, 0.3) is 11.3 Å². The lowest BCUT2D eigenvalue weighted by molar-refractivity contribution is 0.458. The second-order valence-corrected chi connectivity index (χ2v) is 6.82. The molecule has 0 bridgehead atoms. The molecule has 3 rings (SSSR count). The van der Waals surface area contributed by atoms with E-state index in [-0.39, 0.29) is 0 Å². The first-order chi connectivity index (χ1) is 13.6. The third-order valence-corrected chi connectivity index (χ3v) is 4.20. The quantitative estimate of drug-likeness (QED) is 0.355. The zero-order valence-corrected chi connectivity index (χ0v) is 16.5. The largest absolute Gasteiger partial charge is 0.469 e. The summed E-state index contributed by atoms with van der Waals surface area (Å²) >= 11 is 0. The number of hydrogen-bond acceptors (Lipinski definition) is 3. The number of aromatic amines is 1. The zero-order chi connectivity index (χ0) is 19.8. The van der Waals surface area contributed by atoms with Crippen LogP contribution in [0.4, 0.5) is 0 Å². The lowest BCUT2D eigenvalue weighted by Gasteiger charge is -2.21. The lowest BCUT2D eigenvalue weighted by Crippen LogP contribution is -2.40. The zero-order valence-electron chi connectivity index (χ0n) is 16.5. The number of aromatic nitrogens is 2. The SMILES string of the molecule is C=C(C)CN=C(NCCc1ccco1)N(C)Cc1ncc(-c2ccccc2)[nH]1. The van der Waals surface area contributed by atoms with Gasteiger partial charge in [0.15, 0.2) is 5.96 Å². The third-order valence-electron chi connectivity index (χ3n) is 4.20. The van der Waals surface area contributed by atoms with Crippen molar-refractivity contribution in [1.82, 2.24) is 20.2 Å². The number of H-pyrrole nitrogens is 1. The molecule has 0 spiro atoms. The first kappa shape index (κ1) is 19.5. The molecule has 28 heavy (non-hydrogen) atoms. The summed E-state index contributed by atoms with van der Waals surface area (Å²) in [6.45, 7) is 7.86. The first-order valence-electron chi connectivity index (χ1n) is 9.37. The van der Waals surface area contributed by atoms with Crippen LogP contribution in [0, 0.1) is 0 Å². The summed E-state index contributed by atoms with van der Waals surface area (Å²) in [6, 6.07) is 14.1. The molecular weight excluding hydrogens is 350 g/mol. The molecule has 6 nitrogen and oxygen atoms in total. The van der Waals surface area contributed by atoms with Crippen molar-refractivity contribution in [3.8, 4) is 11.3 Å². The number of rotatable bonds is 8. The minimum Gasteiger partial charge on any atom is -0.469 e. The Morgan fingerprint density at radius 1 is 1.25 bits per heavy atom. The van der Waals surface area contributed by atoms with E-state index in [4.69, 9.17) is 4.42 Å². The number of furan rings is 1. The van der Waals surface area contributed by atoms with Crippen molar-refractivity contribution < 1.29 is 4.42 Å². The highest BCUT2D eigenvalue weighted by molar-refractivity contribution is 5.79. The molecule has 0 aliphatic carbocycles. The summed E-state index contributed by atoms with van der Waals surface area (Å²) in [4.78, 5) is 14.6. The molecule has 2 heterocycles. The summed E-state index contributed by atoms with van der Waals surface area (Å²) in [5, 5.41) is 3.41. The molecule has 0 saturated heterocycles. The number of aliphatic imine (C=N–C) groups is 1. The Morgan fingerprint density at radius 3 is 2.79 bits per heavy atom. The highest BCUT2D eigenvalue weighted by Crippen LogP contribution is 2.16. The standard InChI is InChI=1S/C22H27N5O/c1-17(2)14-25-22(23-12-11-19-10-7-13-28-19)27(3)16-21-24-15-20(26-21)18-8-5-4-6-9-18/h4-10,13,15H,1,11-12,14,16H2,2-3H3,(H,23,25)(H,24,26). The predicted molar refractivity (Wildman–Crippen MR) is 113 cm³/mol. The Morgan fingerprint density at radius 2 is 2.07 bits per heavy atom. The van der Waals surface area contributed by atoms with E-state index in [1.165, 1.54) is 0 Å². The average molecular weight is 377 g/mol. The predicted octanol–water partition coefficient (Wildman–Crippen LogP) is 3.87. The minimum atomic E-state index is 0.584.